The molecule has 0 spiro atoms. The Morgan fingerprint density at radius 2 is 1.39 bits per heavy atom. The SMILES string of the molecule is COc1ccc(C(OC[C@H]2O[C@@H](n3cc(CCCNC(=O)OCC[Si](C)(C)C)c4c(NC(=O)c5ccccc5)ncnc43)[C@H](O[Si](C)(C)C(C)(C)C)[C@@H]2O)(c2ccccc2)c2ccc(OC)cc2)cc1. The fourth-order valence-corrected chi connectivity index (χ4v) is 10.4. The first kappa shape index (κ1) is 52.0. The van der Waals surface area contributed by atoms with E-state index in [0.29, 0.717) is 59.9 Å². The van der Waals surface area contributed by atoms with E-state index in [2.05, 4.69) is 69.1 Å². The van der Waals surface area contributed by atoms with E-state index in [-0.39, 0.29) is 17.6 Å². The average Bonchev–Trinajstić information content (AvgIpc) is 3.86. The topological polar surface area (TPSA) is 165 Å². The fourth-order valence-electron chi connectivity index (χ4n) is 8.38. The number of ether oxygens (including phenoxy) is 5. The molecule has 4 atom stereocenters. The van der Waals surface area contributed by atoms with Crippen LogP contribution >= 0.6 is 0 Å². The highest BCUT2D eigenvalue weighted by Gasteiger charge is 2.52. The van der Waals surface area contributed by atoms with Crippen molar-refractivity contribution >= 4 is 45.2 Å². The number of anilines is 1. The molecule has 372 valence electrons. The number of rotatable bonds is 20. The minimum absolute atomic E-state index is 0.0544. The molecule has 16 heteroatoms. The van der Waals surface area contributed by atoms with Crippen molar-refractivity contribution in [2.45, 2.75) is 108 Å². The summed E-state index contributed by atoms with van der Waals surface area (Å²) in [6.45, 7) is 18.2. The molecule has 2 amide bonds. The van der Waals surface area contributed by atoms with Crippen LogP contribution in [0.2, 0.25) is 43.8 Å². The van der Waals surface area contributed by atoms with E-state index in [9.17, 15) is 14.7 Å². The van der Waals surface area contributed by atoms with Crippen LogP contribution in [-0.2, 0) is 30.7 Å². The van der Waals surface area contributed by atoms with Gasteiger partial charge < -0.3 is 48.4 Å². The van der Waals surface area contributed by atoms with Gasteiger partial charge in [-0.25, -0.2) is 14.8 Å². The first-order valence-corrected chi connectivity index (χ1v) is 30.6. The smallest absolute Gasteiger partial charge is 0.407 e. The van der Waals surface area contributed by atoms with Crippen molar-refractivity contribution in [2.24, 2.45) is 0 Å². The van der Waals surface area contributed by atoms with Gasteiger partial charge in [0, 0.05) is 26.4 Å². The van der Waals surface area contributed by atoms with Gasteiger partial charge in [-0.2, -0.15) is 0 Å². The molecular formula is C54H69N5O9Si2. The summed E-state index contributed by atoms with van der Waals surface area (Å²) < 4.78 is 40.1. The number of hydrogen-bond acceptors (Lipinski definition) is 11. The molecule has 0 bridgehead atoms. The van der Waals surface area contributed by atoms with Gasteiger partial charge in [0.1, 0.15) is 53.2 Å². The Kier molecular flexibility index (Phi) is 16.4. The molecule has 2 aromatic heterocycles. The van der Waals surface area contributed by atoms with E-state index < -0.39 is 52.6 Å². The number of amides is 2. The Hall–Kier alpha value is -5.89. The van der Waals surface area contributed by atoms with E-state index in [1.807, 2.05) is 95.7 Å². The Morgan fingerprint density at radius 3 is 1.96 bits per heavy atom. The van der Waals surface area contributed by atoms with E-state index in [4.69, 9.17) is 33.1 Å². The third-order valence-corrected chi connectivity index (χ3v) is 19.6. The lowest BCUT2D eigenvalue weighted by atomic mass is 9.80. The van der Waals surface area contributed by atoms with Gasteiger partial charge in [-0.05, 0) is 95.7 Å². The second-order valence-corrected chi connectivity index (χ2v) is 30.9. The number of aryl methyl sites for hydroxylation is 1. The number of methoxy groups -OCH3 is 2. The molecule has 0 unspecified atom stereocenters. The molecule has 14 nitrogen and oxygen atoms in total. The number of nitrogens with zero attached hydrogens (tertiary/aromatic N) is 3. The number of fused-ring (bicyclic) bond motifs is 1. The zero-order chi connectivity index (χ0) is 50.3. The van der Waals surface area contributed by atoms with Crippen LogP contribution < -0.4 is 20.1 Å². The highest BCUT2D eigenvalue weighted by molar-refractivity contribution is 6.76. The van der Waals surface area contributed by atoms with Crippen LogP contribution in [0.15, 0.2) is 122 Å². The molecule has 4 aromatic carbocycles. The van der Waals surface area contributed by atoms with Gasteiger partial charge in [0.05, 0.1) is 32.8 Å². The van der Waals surface area contributed by atoms with Crippen molar-refractivity contribution in [2.75, 3.05) is 39.3 Å². The lowest BCUT2D eigenvalue weighted by Crippen LogP contribution is -2.49. The van der Waals surface area contributed by atoms with Crippen LogP contribution in [0.1, 0.15) is 66.0 Å². The summed E-state index contributed by atoms with van der Waals surface area (Å²) in [6, 6.07) is 35.4. The minimum atomic E-state index is -2.60. The zero-order valence-electron chi connectivity index (χ0n) is 42.2. The van der Waals surface area contributed by atoms with Crippen molar-refractivity contribution in [3.8, 4) is 11.5 Å². The summed E-state index contributed by atoms with van der Waals surface area (Å²) in [7, 11) is -0.707. The maximum absolute atomic E-state index is 13.7. The molecule has 6 aromatic rings. The first-order chi connectivity index (χ1) is 33.3. The molecule has 1 fully saturated rings. The molecule has 0 saturated carbocycles. The summed E-state index contributed by atoms with van der Waals surface area (Å²) in [5.74, 6) is 1.37. The molecule has 7 rings (SSSR count). The Balaban J connectivity index is 1.28. The summed E-state index contributed by atoms with van der Waals surface area (Å²) in [6.07, 6.45) is 0.0951. The van der Waals surface area contributed by atoms with Crippen molar-refractivity contribution in [1.82, 2.24) is 19.9 Å². The number of alkyl carbamates (subject to hydrolysis) is 1. The number of benzene rings is 4. The van der Waals surface area contributed by atoms with Gasteiger partial charge in [-0.1, -0.05) is 113 Å². The molecule has 1 aliphatic heterocycles. The van der Waals surface area contributed by atoms with Gasteiger partial charge in [0.25, 0.3) is 5.91 Å². The number of carbonyl (C=O) groups excluding carboxylic acids is 2. The van der Waals surface area contributed by atoms with E-state index >= 15 is 0 Å². The molecule has 1 saturated heterocycles. The van der Waals surface area contributed by atoms with E-state index in [1.54, 1.807) is 38.5 Å². The van der Waals surface area contributed by atoms with Crippen molar-refractivity contribution in [3.05, 3.63) is 150 Å². The highest BCUT2D eigenvalue weighted by atomic mass is 28.4. The van der Waals surface area contributed by atoms with Crippen LogP contribution in [0.4, 0.5) is 10.6 Å². The lowest BCUT2D eigenvalue weighted by molar-refractivity contribution is -0.0939. The summed E-state index contributed by atoms with van der Waals surface area (Å²) >= 11 is 0. The first-order valence-electron chi connectivity index (χ1n) is 24.0. The fraction of sp³-hybridized carbons (Fsp3) is 0.407. The minimum Gasteiger partial charge on any atom is -0.497 e. The summed E-state index contributed by atoms with van der Waals surface area (Å²) in [5.41, 5.74) is 3.10. The Labute approximate surface area is 414 Å². The maximum atomic E-state index is 13.7. The van der Waals surface area contributed by atoms with Crippen LogP contribution in [0.5, 0.6) is 11.5 Å². The normalized spacial score (nSPS) is 17.6. The number of hydrogen-bond donors (Lipinski definition) is 3. The molecule has 70 heavy (non-hydrogen) atoms. The summed E-state index contributed by atoms with van der Waals surface area (Å²) in [4.78, 5) is 35.8. The van der Waals surface area contributed by atoms with Gasteiger partial charge >= 0.3 is 6.09 Å². The van der Waals surface area contributed by atoms with Crippen molar-refractivity contribution < 1.29 is 42.8 Å². The van der Waals surface area contributed by atoms with E-state index in [1.165, 1.54) is 6.33 Å². The van der Waals surface area contributed by atoms with Crippen LogP contribution in [-0.4, -0.2) is 100 Å². The number of aliphatic hydroxyl groups excluding tert-OH is 1. The third kappa shape index (κ3) is 11.8. The predicted octanol–water partition coefficient (Wildman–Crippen LogP) is 10.4. The Morgan fingerprint density at radius 1 is 0.800 bits per heavy atom. The van der Waals surface area contributed by atoms with Gasteiger partial charge in [0.15, 0.2) is 14.5 Å². The van der Waals surface area contributed by atoms with Crippen LogP contribution in [0.3, 0.4) is 0 Å². The van der Waals surface area contributed by atoms with Crippen molar-refractivity contribution in [1.29, 1.82) is 0 Å². The number of aliphatic hydroxyl groups is 1. The van der Waals surface area contributed by atoms with Crippen molar-refractivity contribution in [3.63, 3.8) is 0 Å². The number of carbonyl (C=O) groups is 2. The second kappa shape index (κ2) is 22.0. The lowest BCUT2D eigenvalue weighted by Gasteiger charge is -2.40. The molecule has 3 heterocycles. The van der Waals surface area contributed by atoms with Gasteiger partial charge in [0.2, 0.25) is 0 Å². The zero-order valence-corrected chi connectivity index (χ0v) is 44.2. The molecular weight excluding hydrogens is 919 g/mol. The molecule has 1 aliphatic rings. The monoisotopic (exact) mass is 987 g/mol. The quantitative estimate of drug-likeness (QED) is 0.0379. The second-order valence-electron chi connectivity index (χ2n) is 20.5. The molecule has 0 radical (unpaired) electrons. The number of aromatic nitrogens is 3. The van der Waals surface area contributed by atoms with Gasteiger partial charge in [-0.3, -0.25) is 4.79 Å². The largest absolute Gasteiger partial charge is 0.497 e. The summed E-state index contributed by atoms with van der Waals surface area (Å²) in [5, 5.41) is 19.0. The van der Waals surface area contributed by atoms with Crippen LogP contribution in [0.25, 0.3) is 11.0 Å². The van der Waals surface area contributed by atoms with Crippen LogP contribution in [0, 0.1) is 0 Å². The predicted molar refractivity (Wildman–Crippen MR) is 278 cm³/mol. The standard InChI is InChI=1S/C54H69N5O9Si2/c1-53(2,3)70(9,10)68-47-46(60)44(35-66-54(39-21-15-12-16-22-39,40-23-27-42(63-4)28-24-40)41-25-29-43(64-5)30-26-41)67-51(47)59-34-38(20-17-31-55-52(62)65-32-33-69(6,7)8)45-48(56-36-57-49(45)59)58-50(61)37-18-13-11-14-19-37/h11-16,18-19,21-30,34,36,44,46-47,51,60H,17,20,31-33,35H2,1-10H3,(H,55,62)(H,56,57,58,61)/t44-,46-,47-,51-/m1/s1. The Bertz CT molecular complexity index is 2620. The maximum Gasteiger partial charge on any atom is 0.407 e. The molecule has 3 N–H and O–H groups in total. The van der Waals surface area contributed by atoms with E-state index in [0.717, 1.165) is 28.3 Å². The average molecular weight is 988 g/mol. The highest BCUT2D eigenvalue weighted by Crippen LogP contribution is 2.46. The third-order valence-electron chi connectivity index (χ3n) is 13.4. The molecule has 0 aliphatic carbocycles. The van der Waals surface area contributed by atoms with Gasteiger partial charge in [-0.15, -0.1) is 0 Å². The number of nitrogens with one attached hydrogen (secondary N) is 2.